The smallest absolute Gasteiger partial charge is 0.165 e. The summed E-state index contributed by atoms with van der Waals surface area (Å²) in [5, 5.41) is 11.9. The molecule has 3 heteroatoms. The van der Waals surface area contributed by atoms with Crippen molar-refractivity contribution < 1.29 is 0 Å². The number of benzene rings is 8. The van der Waals surface area contributed by atoms with Crippen LogP contribution < -0.4 is 0 Å². The van der Waals surface area contributed by atoms with E-state index in [2.05, 4.69) is 133 Å². The van der Waals surface area contributed by atoms with Crippen molar-refractivity contribution in [2.24, 2.45) is 0 Å². The lowest BCUT2D eigenvalue weighted by Gasteiger charge is -2.14. The lowest BCUT2D eigenvalue weighted by molar-refractivity contribution is 1.08. The zero-order valence-corrected chi connectivity index (χ0v) is 23.8. The van der Waals surface area contributed by atoms with Gasteiger partial charge in [-0.25, -0.2) is 15.0 Å². The van der Waals surface area contributed by atoms with Gasteiger partial charge in [-0.2, -0.15) is 0 Å². The Morgan fingerprint density at radius 2 is 0.773 bits per heavy atom. The molecule has 0 fully saturated rings. The zero-order chi connectivity index (χ0) is 29.0. The molecule has 9 rings (SSSR count). The van der Waals surface area contributed by atoms with Crippen molar-refractivity contribution in [3.8, 4) is 34.2 Å². The predicted molar refractivity (Wildman–Crippen MR) is 184 cm³/mol. The van der Waals surface area contributed by atoms with Crippen LogP contribution in [0.4, 0.5) is 0 Å². The van der Waals surface area contributed by atoms with Gasteiger partial charge in [0.2, 0.25) is 0 Å². The summed E-state index contributed by atoms with van der Waals surface area (Å²) >= 11 is 0. The molecule has 1 aromatic heterocycles. The van der Waals surface area contributed by atoms with Crippen molar-refractivity contribution in [3.05, 3.63) is 152 Å². The topological polar surface area (TPSA) is 38.7 Å². The SMILES string of the molecule is c1ccc(-c2nc(-c3ccc4ccc5c6ccccc6ccc5c4c3)nc(-c3c4ccccc4cc4ccccc34)n2)cc1. The van der Waals surface area contributed by atoms with Gasteiger partial charge in [0.15, 0.2) is 17.5 Å². The van der Waals surface area contributed by atoms with E-state index in [0.717, 1.165) is 38.2 Å². The molecule has 0 spiro atoms. The molecule has 0 aliphatic heterocycles. The van der Waals surface area contributed by atoms with Crippen molar-refractivity contribution >= 4 is 53.9 Å². The summed E-state index contributed by atoms with van der Waals surface area (Å²) in [6.07, 6.45) is 0. The van der Waals surface area contributed by atoms with Crippen LogP contribution in [0.2, 0.25) is 0 Å². The second-order valence-corrected chi connectivity index (χ2v) is 11.2. The van der Waals surface area contributed by atoms with Crippen molar-refractivity contribution in [1.29, 1.82) is 0 Å². The first-order valence-corrected chi connectivity index (χ1v) is 14.9. The number of aromatic nitrogens is 3. The van der Waals surface area contributed by atoms with Crippen LogP contribution in [0.25, 0.3) is 88.0 Å². The number of fused-ring (bicyclic) bond motifs is 7. The Kier molecular flexibility index (Phi) is 5.50. The number of nitrogens with zero attached hydrogens (tertiary/aromatic N) is 3. The maximum atomic E-state index is 5.21. The molecule has 0 saturated heterocycles. The monoisotopic (exact) mass is 559 g/mol. The minimum absolute atomic E-state index is 0.658. The van der Waals surface area contributed by atoms with Crippen molar-refractivity contribution in [2.45, 2.75) is 0 Å². The highest BCUT2D eigenvalue weighted by Crippen LogP contribution is 2.37. The third-order valence-corrected chi connectivity index (χ3v) is 8.66. The van der Waals surface area contributed by atoms with E-state index >= 15 is 0 Å². The molecule has 1 heterocycles. The maximum Gasteiger partial charge on any atom is 0.165 e. The highest BCUT2D eigenvalue weighted by atomic mass is 15.0. The van der Waals surface area contributed by atoms with Crippen molar-refractivity contribution in [1.82, 2.24) is 15.0 Å². The Morgan fingerprint density at radius 3 is 1.48 bits per heavy atom. The summed E-state index contributed by atoms with van der Waals surface area (Å²) in [7, 11) is 0. The molecule has 0 N–H and O–H groups in total. The first-order chi connectivity index (χ1) is 21.8. The maximum absolute atomic E-state index is 5.21. The number of hydrogen-bond donors (Lipinski definition) is 0. The molecule has 0 unspecified atom stereocenters. The fraction of sp³-hybridized carbons (Fsp3) is 0. The van der Waals surface area contributed by atoms with Gasteiger partial charge >= 0.3 is 0 Å². The average molecular weight is 560 g/mol. The fourth-order valence-corrected chi connectivity index (χ4v) is 6.54. The molecule has 3 nitrogen and oxygen atoms in total. The second kappa shape index (κ2) is 9.82. The summed E-state index contributed by atoms with van der Waals surface area (Å²) in [5.74, 6) is 1.99. The predicted octanol–water partition coefficient (Wildman–Crippen LogP) is 10.6. The fourth-order valence-electron chi connectivity index (χ4n) is 6.54. The van der Waals surface area contributed by atoms with E-state index in [4.69, 9.17) is 15.0 Å². The van der Waals surface area contributed by atoms with E-state index in [9.17, 15) is 0 Å². The summed E-state index contributed by atoms with van der Waals surface area (Å²) in [4.78, 5) is 15.4. The van der Waals surface area contributed by atoms with Gasteiger partial charge in [0.25, 0.3) is 0 Å². The van der Waals surface area contributed by atoms with Gasteiger partial charge in [-0.1, -0.05) is 140 Å². The average Bonchev–Trinajstić information content (AvgIpc) is 3.10. The van der Waals surface area contributed by atoms with Crippen LogP contribution in [0, 0.1) is 0 Å². The third kappa shape index (κ3) is 3.94. The Bertz CT molecular complexity index is 2500. The molecule has 0 saturated carbocycles. The highest BCUT2D eigenvalue weighted by Gasteiger charge is 2.17. The molecular formula is C41H25N3. The Morgan fingerprint density at radius 1 is 0.273 bits per heavy atom. The van der Waals surface area contributed by atoms with Crippen LogP contribution in [0.1, 0.15) is 0 Å². The van der Waals surface area contributed by atoms with Gasteiger partial charge in [0, 0.05) is 16.7 Å². The third-order valence-electron chi connectivity index (χ3n) is 8.66. The largest absolute Gasteiger partial charge is 0.208 e. The van der Waals surface area contributed by atoms with Crippen LogP contribution in [0.15, 0.2) is 152 Å². The summed E-state index contributed by atoms with van der Waals surface area (Å²) in [6, 6.07) is 53.4. The lowest BCUT2D eigenvalue weighted by atomic mass is 9.95. The molecular weight excluding hydrogens is 534 g/mol. The molecule has 44 heavy (non-hydrogen) atoms. The van der Waals surface area contributed by atoms with Gasteiger partial charge in [-0.3, -0.25) is 0 Å². The molecule has 0 aliphatic rings. The van der Waals surface area contributed by atoms with Gasteiger partial charge in [0.05, 0.1) is 0 Å². The number of rotatable bonds is 3. The van der Waals surface area contributed by atoms with E-state index in [1.165, 1.54) is 32.3 Å². The lowest BCUT2D eigenvalue weighted by Crippen LogP contribution is -2.01. The van der Waals surface area contributed by atoms with Gasteiger partial charge < -0.3 is 0 Å². The van der Waals surface area contributed by atoms with Crippen molar-refractivity contribution in [2.75, 3.05) is 0 Å². The number of hydrogen-bond acceptors (Lipinski definition) is 3. The molecule has 0 atom stereocenters. The minimum atomic E-state index is 0.658. The van der Waals surface area contributed by atoms with E-state index in [0.29, 0.717) is 17.5 Å². The van der Waals surface area contributed by atoms with Crippen LogP contribution in [0.5, 0.6) is 0 Å². The van der Waals surface area contributed by atoms with Crippen LogP contribution in [0.3, 0.4) is 0 Å². The highest BCUT2D eigenvalue weighted by molar-refractivity contribution is 6.18. The Hall–Kier alpha value is -5.93. The van der Waals surface area contributed by atoms with Crippen LogP contribution in [-0.4, -0.2) is 15.0 Å². The molecule has 0 aliphatic carbocycles. The molecule has 9 aromatic rings. The van der Waals surface area contributed by atoms with Gasteiger partial charge in [-0.05, 0) is 66.0 Å². The Balaban J connectivity index is 1.34. The normalized spacial score (nSPS) is 11.6. The second-order valence-electron chi connectivity index (χ2n) is 11.2. The molecule has 0 bridgehead atoms. The van der Waals surface area contributed by atoms with Crippen LogP contribution >= 0.6 is 0 Å². The van der Waals surface area contributed by atoms with E-state index in [-0.39, 0.29) is 0 Å². The Labute approximate surface area is 254 Å². The first-order valence-electron chi connectivity index (χ1n) is 14.9. The van der Waals surface area contributed by atoms with Gasteiger partial charge in [-0.15, -0.1) is 0 Å². The summed E-state index contributed by atoms with van der Waals surface area (Å²) < 4.78 is 0. The van der Waals surface area contributed by atoms with Gasteiger partial charge in [0.1, 0.15) is 0 Å². The first kappa shape index (κ1) is 24.6. The summed E-state index contributed by atoms with van der Waals surface area (Å²) in [5.41, 5.74) is 2.94. The molecule has 8 aromatic carbocycles. The molecule has 0 radical (unpaired) electrons. The van der Waals surface area contributed by atoms with Crippen molar-refractivity contribution in [3.63, 3.8) is 0 Å². The van der Waals surface area contributed by atoms with Crippen LogP contribution in [-0.2, 0) is 0 Å². The summed E-state index contributed by atoms with van der Waals surface area (Å²) in [6.45, 7) is 0. The van der Waals surface area contributed by atoms with E-state index in [1.807, 2.05) is 18.2 Å². The standard InChI is InChI=1S/C41H25N3/c1-2-11-28(12-3-1)39-42-40(44-41(43-39)38-33-16-8-5-13-29(33)24-30-14-6-9-17-34(30)38)31-19-18-27-21-22-35-32-15-7-4-10-26(32)20-23-36(35)37(27)25-31/h1-25H. The molecule has 204 valence electrons. The zero-order valence-electron chi connectivity index (χ0n) is 23.8. The quantitative estimate of drug-likeness (QED) is 0.160. The van der Waals surface area contributed by atoms with E-state index in [1.54, 1.807) is 0 Å². The minimum Gasteiger partial charge on any atom is -0.208 e. The molecule has 0 amide bonds. The van der Waals surface area contributed by atoms with E-state index < -0.39 is 0 Å².